The Hall–Kier alpha value is -0.960. The fourth-order valence-electron chi connectivity index (χ4n) is 2.16. The number of aryl methyl sites for hydroxylation is 1. The molecule has 1 saturated carbocycles. The van der Waals surface area contributed by atoms with Crippen molar-refractivity contribution in [3.8, 4) is 0 Å². The first-order valence-electron chi connectivity index (χ1n) is 6.33. The minimum atomic E-state index is -0.702. The molecule has 0 aliphatic heterocycles. The second-order valence-corrected chi connectivity index (χ2v) is 4.87. The number of nitrogens with one attached hydrogen (secondary N) is 1. The predicted octanol–water partition coefficient (Wildman–Crippen LogP) is 3.72. The normalized spacial score (nSPS) is 17.2. The van der Waals surface area contributed by atoms with Crippen molar-refractivity contribution < 1.29 is 8.78 Å². The van der Waals surface area contributed by atoms with Crippen LogP contribution in [-0.2, 0) is 0 Å². The van der Waals surface area contributed by atoms with E-state index in [0.29, 0.717) is 17.0 Å². The van der Waals surface area contributed by atoms with E-state index >= 15 is 0 Å². The van der Waals surface area contributed by atoms with Crippen LogP contribution in [0.25, 0.3) is 0 Å². The Morgan fingerprint density at radius 1 is 1.29 bits per heavy atom. The molecule has 1 nitrogen and oxygen atoms in total. The number of benzene rings is 1. The SMILES string of the molecule is CCCNC(c1ccc(C)c(F)c1F)C1CC1. The van der Waals surface area contributed by atoms with Crippen LogP contribution in [-0.4, -0.2) is 6.54 Å². The Kier molecular flexibility index (Phi) is 3.77. The fourth-order valence-corrected chi connectivity index (χ4v) is 2.16. The molecule has 0 bridgehead atoms. The Labute approximate surface area is 101 Å². The topological polar surface area (TPSA) is 12.0 Å². The standard InChI is InChI=1S/C14H19F2N/c1-3-8-17-14(10-5-6-10)11-7-4-9(2)12(15)13(11)16/h4,7,10,14,17H,3,5-6,8H2,1-2H3. The van der Waals surface area contributed by atoms with Gasteiger partial charge in [-0.05, 0) is 44.2 Å². The molecule has 0 aromatic heterocycles. The van der Waals surface area contributed by atoms with Crippen LogP contribution in [0.4, 0.5) is 8.78 Å². The van der Waals surface area contributed by atoms with Gasteiger partial charge < -0.3 is 5.32 Å². The molecule has 1 aromatic rings. The third-order valence-corrected chi connectivity index (χ3v) is 3.35. The first-order chi connectivity index (χ1) is 8.15. The van der Waals surface area contributed by atoms with Crippen molar-refractivity contribution in [1.29, 1.82) is 0 Å². The van der Waals surface area contributed by atoms with E-state index in [4.69, 9.17) is 0 Å². The average molecular weight is 239 g/mol. The maximum atomic E-state index is 13.9. The first-order valence-corrected chi connectivity index (χ1v) is 6.33. The van der Waals surface area contributed by atoms with Crippen LogP contribution < -0.4 is 5.32 Å². The molecule has 1 N–H and O–H groups in total. The summed E-state index contributed by atoms with van der Waals surface area (Å²) in [6.07, 6.45) is 3.21. The van der Waals surface area contributed by atoms with Crippen molar-refractivity contribution >= 4 is 0 Å². The van der Waals surface area contributed by atoms with Gasteiger partial charge in [-0.2, -0.15) is 0 Å². The lowest BCUT2D eigenvalue weighted by Crippen LogP contribution is -2.25. The van der Waals surface area contributed by atoms with Crippen LogP contribution in [0.3, 0.4) is 0 Å². The quantitative estimate of drug-likeness (QED) is 0.825. The van der Waals surface area contributed by atoms with Crippen LogP contribution in [0.15, 0.2) is 12.1 Å². The monoisotopic (exact) mass is 239 g/mol. The molecule has 3 heteroatoms. The highest BCUT2D eigenvalue weighted by atomic mass is 19.2. The molecule has 0 radical (unpaired) electrons. The van der Waals surface area contributed by atoms with Gasteiger partial charge in [0.1, 0.15) is 0 Å². The molecule has 1 aliphatic carbocycles. The summed E-state index contributed by atoms with van der Waals surface area (Å²) in [7, 11) is 0. The zero-order chi connectivity index (χ0) is 12.4. The highest BCUT2D eigenvalue weighted by Crippen LogP contribution is 2.42. The van der Waals surface area contributed by atoms with Gasteiger partial charge in [0.25, 0.3) is 0 Å². The number of rotatable bonds is 5. The highest BCUT2D eigenvalue weighted by Gasteiger charge is 2.34. The van der Waals surface area contributed by atoms with E-state index in [2.05, 4.69) is 12.2 Å². The maximum Gasteiger partial charge on any atom is 0.163 e. The van der Waals surface area contributed by atoms with Gasteiger partial charge in [0.05, 0.1) is 0 Å². The zero-order valence-electron chi connectivity index (χ0n) is 10.4. The molecule has 1 aliphatic rings. The molecule has 1 unspecified atom stereocenters. The van der Waals surface area contributed by atoms with E-state index in [0.717, 1.165) is 25.8 Å². The van der Waals surface area contributed by atoms with Gasteiger partial charge in [0, 0.05) is 11.6 Å². The number of halogens is 2. The minimum Gasteiger partial charge on any atom is -0.310 e. The number of hydrogen-bond acceptors (Lipinski definition) is 1. The molecule has 94 valence electrons. The third kappa shape index (κ3) is 2.65. The molecule has 0 heterocycles. The zero-order valence-corrected chi connectivity index (χ0v) is 10.4. The van der Waals surface area contributed by atoms with Crippen LogP contribution in [0.2, 0.25) is 0 Å². The molecule has 1 aromatic carbocycles. The van der Waals surface area contributed by atoms with E-state index < -0.39 is 11.6 Å². The highest BCUT2D eigenvalue weighted by molar-refractivity contribution is 5.29. The molecular formula is C14H19F2N. The second-order valence-electron chi connectivity index (χ2n) is 4.87. The van der Waals surface area contributed by atoms with E-state index in [9.17, 15) is 8.78 Å². The molecule has 2 rings (SSSR count). The van der Waals surface area contributed by atoms with Crippen LogP contribution in [0, 0.1) is 24.5 Å². The summed E-state index contributed by atoms with van der Waals surface area (Å²) in [6.45, 7) is 4.51. The molecule has 1 atom stereocenters. The average Bonchev–Trinajstić information content (AvgIpc) is 3.13. The van der Waals surface area contributed by atoms with Crippen molar-refractivity contribution in [2.24, 2.45) is 5.92 Å². The van der Waals surface area contributed by atoms with Gasteiger partial charge in [-0.25, -0.2) is 8.78 Å². The Bertz CT molecular complexity index is 399. The van der Waals surface area contributed by atoms with E-state index in [1.54, 1.807) is 19.1 Å². The van der Waals surface area contributed by atoms with Gasteiger partial charge in [-0.15, -0.1) is 0 Å². The molecule has 0 saturated heterocycles. The van der Waals surface area contributed by atoms with Gasteiger partial charge in [-0.1, -0.05) is 19.1 Å². The summed E-state index contributed by atoms with van der Waals surface area (Å²) in [6, 6.07) is 3.36. The fraction of sp³-hybridized carbons (Fsp3) is 0.571. The summed E-state index contributed by atoms with van der Waals surface area (Å²) in [5, 5.41) is 3.33. The molecule has 0 spiro atoms. The second kappa shape index (κ2) is 5.13. The van der Waals surface area contributed by atoms with Crippen molar-refractivity contribution in [3.05, 3.63) is 34.9 Å². The summed E-state index contributed by atoms with van der Waals surface area (Å²) < 4.78 is 27.5. The summed E-state index contributed by atoms with van der Waals surface area (Å²) in [5.41, 5.74) is 0.861. The third-order valence-electron chi connectivity index (χ3n) is 3.35. The summed E-state index contributed by atoms with van der Waals surface area (Å²) in [4.78, 5) is 0. The van der Waals surface area contributed by atoms with Crippen LogP contribution in [0.1, 0.15) is 43.4 Å². The number of hydrogen-bond donors (Lipinski definition) is 1. The predicted molar refractivity (Wildman–Crippen MR) is 64.9 cm³/mol. The van der Waals surface area contributed by atoms with Crippen LogP contribution >= 0.6 is 0 Å². The van der Waals surface area contributed by atoms with Crippen molar-refractivity contribution in [1.82, 2.24) is 5.32 Å². The van der Waals surface area contributed by atoms with E-state index in [1.807, 2.05) is 0 Å². The molecule has 17 heavy (non-hydrogen) atoms. The smallest absolute Gasteiger partial charge is 0.163 e. The van der Waals surface area contributed by atoms with E-state index in [1.165, 1.54) is 0 Å². The largest absolute Gasteiger partial charge is 0.310 e. The minimum absolute atomic E-state index is 0.0231. The van der Waals surface area contributed by atoms with Crippen molar-refractivity contribution in [2.45, 2.75) is 39.2 Å². The maximum absolute atomic E-state index is 13.9. The molecular weight excluding hydrogens is 220 g/mol. The van der Waals surface area contributed by atoms with E-state index in [-0.39, 0.29) is 6.04 Å². The van der Waals surface area contributed by atoms with Gasteiger partial charge in [-0.3, -0.25) is 0 Å². The Morgan fingerprint density at radius 3 is 2.59 bits per heavy atom. The van der Waals surface area contributed by atoms with Gasteiger partial charge in [0.2, 0.25) is 0 Å². The van der Waals surface area contributed by atoms with Gasteiger partial charge >= 0.3 is 0 Å². The molecule has 0 amide bonds. The van der Waals surface area contributed by atoms with Gasteiger partial charge in [0.15, 0.2) is 11.6 Å². The van der Waals surface area contributed by atoms with Crippen molar-refractivity contribution in [3.63, 3.8) is 0 Å². The van der Waals surface area contributed by atoms with Crippen molar-refractivity contribution in [2.75, 3.05) is 6.54 Å². The Balaban J connectivity index is 2.26. The summed E-state index contributed by atoms with van der Waals surface area (Å²) in [5.74, 6) is -0.907. The van der Waals surface area contributed by atoms with Crippen LogP contribution in [0.5, 0.6) is 0 Å². The molecule has 1 fully saturated rings. The lowest BCUT2D eigenvalue weighted by molar-refractivity contribution is 0.433. The first kappa shape index (κ1) is 12.5. The summed E-state index contributed by atoms with van der Waals surface area (Å²) >= 11 is 0. The Morgan fingerprint density at radius 2 is 2.00 bits per heavy atom. The lowest BCUT2D eigenvalue weighted by atomic mass is 9.99. The lowest BCUT2D eigenvalue weighted by Gasteiger charge is -2.19.